The second-order valence-electron chi connectivity index (χ2n) is 6.56. The van der Waals surface area contributed by atoms with Crippen molar-refractivity contribution in [1.82, 2.24) is 16.0 Å². The van der Waals surface area contributed by atoms with Gasteiger partial charge < -0.3 is 37.6 Å². The number of thiol groups is 1. The number of unbranched alkanes of at least 4 members (excludes halogenated alkanes) is 1. The maximum atomic E-state index is 12.8. The summed E-state index contributed by atoms with van der Waals surface area (Å²) < 4.78 is 0. The summed E-state index contributed by atoms with van der Waals surface area (Å²) in [5.74, 6) is -2.60. The molecule has 0 aromatic rings. The van der Waals surface area contributed by atoms with Gasteiger partial charge in [-0.05, 0) is 44.2 Å². The van der Waals surface area contributed by atoms with E-state index in [2.05, 4.69) is 28.6 Å². The van der Waals surface area contributed by atoms with E-state index in [0.717, 1.165) is 0 Å². The lowest BCUT2D eigenvalue weighted by Gasteiger charge is -2.24. The number of hydrogen-bond donors (Lipinski definition) is 8. The average molecular weight is 468 g/mol. The van der Waals surface area contributed by atoms with Crippen molar-refractivity contribution in [3.8, 4) is 0 Å². The molecule has 0 bridgehead atoms. The molecular weight excluding hydrogens is 434 g/mol. The number of nitrogens with two attached hydrogens (primary N) is 2. The summed E-state index contributed by atoms with van der Waals surface area (Å²) in [5, 5.41) is 25.4. The van der Waals surface area contributed by atoms with Gasteiger partial charge in [0.1, 0.15) is 18.1 Å². The first kappa shape index (κ1) is 28.5. The van der Waals surface area contributed by atoms with Crippen LogP contribution in [0.2, 0.25) is 0 Å². The minimum Gasteiger partial charge on any atom is -0.480 e. The van der Waals surface area contributed by atoms with E-state index < -0.39 is 54.5 Å². The molecule has 0 spiro atoms. The largest absolute Gasteiger partial charge is 0.480 e. The molecule has 0 aliphatic carbocycles. The summed E-state index contributed by atoms with van der Waals surface area (Å²) in [7, 11) is 0. The van der Waals surface area contributed by atoms with Crippen LogP contribution in [-0.4, -0.2) is 89.0 Å². The van der Waals surface area contributed by atoms with Gasteiger partial charge >= 0.3 is 5.97 Å². The van der Waals surface area contributed by atoms with E-state index in [9.17, 15) is 19.2 Å². The lowest BCUT2D eigenvalue weighted by Crippen LogP contribution is -2.57. The number of carbonyl (C=O) groups is 4. The Morgan fingerprint density at radius 1 is 0.967 bits per heavy atom. The fourth-order valence-corrected chi connectivity index (χ4v) is 3.00. The monoisotopic (exact) mass is 467 g/mol. The van der Waals surface area contributed by atoms with E-state index in [-0.39, 0.29) is 12.2 Å². The van der Waals surface area contributed by atoms with E-state index in [0.29, 0.717) is 31.6 Å². The summed E-state index contributed by atoms with van der Waals surface area (Å²) >= 11 is 5.45. The Hall–Kier alpha value is -1.54. The molecule has 3 amide bonds. The van der Waals surface area contributed by atoms with E-state index >= 15 is 0 Å². The SMILES string of the molecule is CSCCC(NC(=O)C(N)CS)C(=O)NC(CCCCN)C(=O)NC(CO)C(=O)O. The normalized spacial score (nSPS) is 14.8. The molecule has 0 aromatic heterocycles. The van der Waals surface area contributed by atoms with E-state index in [1.54, 1.807) is 0 Å². The predicted octanol–water partition coefficient (Wildman–Crippen LogP) is -2.34. The predicted molar refractivity (Wildman–Crippen MR) is 118 cm³/mol. The van der Waals surface area contributed by atoms with Gasteiger partial charge in [-0.1, -0.05) is 0 Å². The molecule has 0 heterocycles. The molecule has 11 nitrogen and oxygen atoms in total. The van der Waals surface area contributed by atoms with Crippen LogP contribution in [0.3, 0.4) is 0 Å². The minimum atomic E-state index is -1.49. The Morgan fingerprint density at radius 3 is 1.97 bits per heavy atom. The summed E-state index contributed by atoms with van der Waals surface area (Å²) in [6, 6.07) is -4.35. The highest BCUT2D eigenvalue weighted by Gasteiger charge is 2.29. The molecule has 4 unspecified atom stereocenters. The van der Waals surface area contributed by atoms with Gasteiger partial charge in [0.25, 0.3) is 0 Å². The quantitative estimate of drug-likeness (QED) is 0.0905. The number of carboxylic acid groups (broad SMARTS) is 1. The van der Waals surface area contributed by atoms with Gasteiger partial charge in [0.15, 0.2) is 0 Å². The topological polar surface area (TPSA) is 197 Å². The van der Waals surface area contributed by atoms with Crippen molar-refractivity contribution in [2.24, 2.45) is 11.5 Å². The van der Waals surface area contributed by atoms with E-state index in [1.165, 1.54) is 11.8 Å². The van der Waals surface area contributed by atoms with E-state index in [1.807, 2.05) is 6.26 Å². The zero-order valence-corrected chi connectivity index (χ0v) is 18.7. The van der Waals surface area contributed by atoms with Crippen molar-refractivity contribution >= 4 is 48.1 Å². The van der Waals surface area contributed by atoms with Crippen LogP contribution in [0.5, 0.6) is 0 Å². The van der Waals surface area contributed by atoms with Crippen LogP contribution < -0.4 is 27.4 Å². The number of aliphatic hydroxyl groups excluding tert-OH is 1. The van der Waals surface area contributed by atoms with Gasteiger partial charge in [0, 0.05) is 5.75 Å². The third kappa shape index (κ3) is 11.0. The van der Waals surface area contributed by atoms with Gasteiger partial charge in [-0.25, -0.2) is 4.79 Å². The van der Waals surface area contributed by atoms with Crippen LogP contribution in [-0.2, 0) is 19.2 Å². The van der Waals surface area contributed by atoms with Crippen LogP contribution in [0.15, 0.2) is 0 Å². The van der Waals surface area contributed by atoms with Crippen molar-refractivity contribution in [3.63, 3.8) is 0 Å². The zero-order chi connectivity index (χ0) is 23.1. The number of aliphatic carboxylic acids is 1. The van der Waals surface area contributed by atoms with Gasteiger partial charge in [-0.15, -0.1) is 0 Å². The third-order valence-corrected chi connectivity index (χ3v) is 5.19. The summed E-state index contributed by atoms with van der Waals surface area (Å²) in [6.45, 7) is -0.400. The summed E-state index contributed by atoms with van der Waals surface area (Å²) in [5.41, 5.74) is 11.1. The first-order valence-electron chi connectivity index (χ1n) is 9.51. The molecule has 9 N–H and O–H groups in total. The molecule has 0 radical (unpaired) electrons. The minimum absolute atomic E-state index is 0.102. The standard InChI is InChI=1S/C17H33N5O6S2/c1-30-7-5-12(20-14(24)10(19)9-29)16(26)21-11(4-2-3-6-18)15(25)22-13(8-23)17(27)28/h10-13,23,29H,2-9,18-19H2,1H3,(H,20,24)(H,21,26)(H,22,25)(H,27,28). The number of amides is 3. The molecule has 0 aromatic carbocycles. The highest BCUT2D eigenvalue weighted by Crippen LogP contribution is 2.06. The van der Waals surface area contributed by atoms with Gasteiger partial charge in [0.2, 0.25) is 17.7 Å². The molecule has 0 fully saturated rings. The second-order valence-corrected chi connectivity index (χ2v) is 7.91. The zero-order valence-electron chi connectivity index (χ0n) is 17.0. The second kappa shape index (κ2) is 16.2. The van der Waals surface area contributed by atoms with Crippen molar-refractivity contribution in [1.29, 1.82) is 0 Å². The Kier molecular flexibility index (Phi) is 15.4. The molecular formula is C17H33N5O6S2. The van der Waals surface area contributed by atoms with Gasteiger partial charge in [-0.3, -0.25) is 14.4 Å². The fourth-order valence-electron chi connectivity index (χ4n) is 2.36. The molecule has 0 rings (SSSR count). The molecule has 0 saturated carbocycles. The van der Waals surface area contributed by atoms with Crippen LogP contribution in [0, 0.1) is 0 Å². The van der Waals surface area contributed by atoms with Crippen molar-refractivity contribution in [3.05, 3.63) is 0 Å². The first-order valence-corrected chi connectivity index (χ1v) is 11.5. The van der Waals surface area contributed by atoms with Crippen molar-refractivity contribution < 1.29 is 29.4 Å². The highest BCUT2D eigenvalue weighted by molar-refractivity contribution is 7.98. The Balaban J connectivity index is 5.30. The molecule has 4 atom stereocenters. The highest BCUT2D eigenvalue weighted by atomic mass is 32.2. The number of hydrogen-bond acceptors (Lipinski definition) is 9. The molecule has 30 heavy (non-hydrogen) atoms. The number of carboxylic acids is 1. The lowest BCUT2D eigenvalue weighted by molar-refractivity contribution is -0.143. The summed E-state index contributed by atoms with van der Waals surface area (Å²) in [6.07, 6.45) is 3.49. The van der Waals surface area contributed by atoms with Crippen molar-refractivity contribution in [2.75, 3.05) is 30.9 Å². The number of carbonyl (C=O) groups excluding carboxylic acids is 3. The average Bonchev–Trinajstić information content (AvgIpc) is 2.72. The molecule has 13 heteroatoms. The number of thioether (sulfide) groups is 1. The van der Waals surface area contributed by atoms with Crippen molar-refractivity contribution in [2.45, 2.75) is 49.9 Å². The smallest absolute Gasteiger partial charge is 0.328 e. The lowest BCUT2D eigenvalue weighted by atomic mass is 10.1. The van der Waals surface area contributed by atoms with Crippen LogP contribution in [0.25, 0.3) is 0 Å². The molecule has 174 valence electrons. The van der Waals surface area contributed by atoms with Gasteiger partial charge in [-0.2, -0.15) is 24.4 Å². The summed E-state index contributed by atoms with van der Waals surface area (Å²) in [4.78, 5) is 48.4. The van der Waals surface area contributed by atoms with Crippen LogP contribution in [0.4, 0.5) is 0 Å². The number of aliphatic hydroxyl groups is 1. The fraction of sp³-hybridized carbons (Fsp3) is 0.765. The van der Waals surface area contributed by atoms with E-state index in [4.69, 9.17) is 21.7 Å². The van der Waals surface area contributed by atoms with Crippen LogP contribution >= 0.6 is 24.4 Å². The van der Waals surface area contributed by atoms with Gasteiger partial charge in [0.05, 0.1) is 12.6 Å². The Bertz CT molecular complexity index is 569. The molecule has 0 aliphatic heterocycles. The number of nitrogens with one attached hydrogen (secondary N) is 3. The maximum absolute atomic E-state index is 12.8. The molecule has 0 aliphatic rings. The Morgan fingerprint density at radius 2 is 1.50 bits per heavy atom. The van der Waals surface area contributed by atoms with Crippen LogP contribution in [0.1, 0.15) is 25.7 Å². The third-order valence-electron chi connectivity index (χ3n) is 4.15. The maximum Gasteiger partial charge on any atom is 0.328 e. The first-order chi connectivity index (χ1) is 14.2. The Labute approximate surface area is 185 Å². The molecule has 0 saturated heterocycles. The number of rotatable bonds is 16.